The molecule has 3 rings (SSSR count). The van der Waals surface area contributed by atoms with Gasteiger partial charge in [0.25, 0.3) is 0 Å². The van der Waals surface area contributed by atoms with Crippen LogP contribution in [0.15, 0.2) is 42.5 Å². The molecular weight excluding hydrogens is 396 g/mol. The van der Waals surface area contributed by atoms with Gasteiger partial charge in [-0.1, -0.05) is 42.5 Å². The number of carbonyl (C=O) groups is 3. The first-order valence-corrected chi connectivity index (χ1v) is 10.7. The van der Waals surface area contributed by atoms with Gasteiger partial charge in [0, 0.05) is 13.1 Å². The third kappa shape index (κ3) is 5.46. The van der Waals surface area contributed by atoms with Crippen molar-refractivity contribution in [1.29, 1.82) is 0 Å². The van der Waals surface area contributed by atoms with Crippen molar-refractivity contribution >= 4 is 18.1 Å². The smallest absolute Gasteiger partial charge is 0.417 e. The second kappa shape index (κ2) is 9.12. The first-order chi connectivity index (χ1) is 14.6. The molecule has 7 heteroatoms. The van der Waals surface area contributed by atoms with Crippen LogP contribution >= 0.6 is 0 Å². The number of ether oxygens (including phenoxy) is 2. The zero-order chi connectivity index (χ0) is 22.8. The molecule has 3 atom stereocenters. The van der Waals surface area contributed by atoms with Crippen LogP contribution in [0.3, 0.4) is 0 Å². The zero-order valence-electron chi connectivity index (χ0n) is 18.8. The summed E-state index contributed by atoms with van der Waals surface area (Å²) < 4.78 is 10.7. The Balaban J connectivity index is 1.73. The fourth-order valence-corrected chi connectivity index (χ4v) is 4.28. The molecule has 2 aliphatic rings. The topological polar surface area (TPSA) is 76.2 Å². The van der Waals surface area contributed by atoms with E-state index < -0.39 is 17.6 Å². The number of benzene rings is 1. The molecule has 1 aromatic carbocycles. The molecule has 2 heterocycles. The molecule has 0 bridgehead atoms. The molecule has 0 aromatic heterocycles. The van der Waals surface area contributed by atoms with Crippen LogP contribution in [0.2, 0.25) is 0 Å². The van der Waals surface area contributed by atoms with E-state index in [1.807, 2.05) is 51.1 Å². The molecule has 7 nitrogen and oxygen atoms in total. The van der Waals surface area contributed by atoms with Crippen molar-refractivity contribution in [3.8, 4) is 0 Å². The Morgan fingerprint density at radius 1 is 1.26 bits per heavy atom. The predicted octanol–water partition coefficient (Wildman–Crippen LogP) is 4.03. The molecule has 2 saturated heterocycles. The highest BCUT2D eigenvalue weighted by atomic mass is 16.6. The molecule has 2 fully saturated rings. The van der Waals surface area contributed by atoms with Crippen molar-refractivity contribution in [1.82, 2.24) is 9.80 Å². The van der Waals surface area contributed by atoms with Crippen LogP contribution in [0.4, 0.5) is 9.59 Å². The van der Waals surface area contributed by atoms with Gasteiger partial charge in [0.15, 0.2) is 0 Å². The van der Waals surface area contributed by atoms with E-state index in [1.54, 1.807) is 11.8 Å². The van der Waals surface area contributed by atoms with Gasteiger partial charge in [-0.15, -0.1) is 0 Å². The molecule has 168 valence electrons. The normalized spacial score (nSPS) is 22.3. The van der Waals surface area contributed by atoms with Crippen LogP contribution in [0.25, 0.3) is 0 Å². The van der Waals surface area contributed by atoms with E-state index in [2.05, 4.69) is 6.58 Å². The summed E-state index contributed by atoms with van der Waals surface area (Å²) in [6, 6.07) is 9.37. The number of nitrogens with zero attached hydrogens (tertiary/aromatic N) is 2. The Kier molecular flexibility index (Phi) is 6.72. The molecule has 0 N–H and O–H groups in total. The minimum atomic E-state index is -0.612. The van der Waals surface area contributed by atoms with Gasteiger partial charge in [0.1, 0.15) is 12.2 Å². The SMILES string of the molecule is C=C(C)C(C(=O)N1C(=O)OCC1Cc1ccccc1)C1CCN(C(=O)OC(C)(C)C)C1. The molecule has 0 saturated carbocycles. The number of amides is 3. The van der Waals surface area contributed by atoms with E-state index in [0.717, 1.165) is 5.56 Å². The maximum absolute atomic E-state index is 13.5. The van der Waals surface area contributed by atoms with Crippen molar-refractivity contribution in [2.24, 2.45) is 11.8 Å². The minimum Gasteiger partial charge on any atom is -0.447 e. The molecule has 0 spiro atoms. The summed E-state index contributed by atoms with van der Waals surface area (Å²) >= 11 is 0. The number of imide groups is 1. The van der Waals surface area contributed by atoms with Crippen LogP contribution < -0.4 is 0 Å². The van der Waals surface area contributed by atoms with Crippen molar-refractivity contribution in [2.75, 3.05) is 19.7 Å². The second-order valence-electron chi connectivity index (χ2n) is 9.43. The van der Waals surface area contributed by atoms with Crippen molar-refractivity contribution in [3.05, 3.63) is 48.0 Å². The fourth-order valence-electron chi connectivity index (χ4n) is 4.28. The van der Waals surface area contributed by atoms with Gasteiger partial charge in [-0.05, 0) is 52.0 Å². The molecule has 31 heavy (non-hydrogen) atoms. The lowest BCUT2D eigenvalue weighted by Crippen LogP contribution is -2.46. The standard InChI is InChI=1S/C24H32N2O5/c1-16(2)20(18-11-12-25(14-18)22(28)31-24(3,4)5)21(27)26-19(15-30-23(26)29)13-17-9-7-6-8-10-17/h6-10,18-20H,1,11-15H2,2-5H3. The lowest BCUT2D eigenvalue weighted by atomic mass is 9.85. The third-order valence-corrected chi connectivity index (χ3v) is 5.66. The summed E-state index contributed by atoms with van der Waals surface area (Å²) in [5.41, 5.74) is 1.13. The maximum atomic E-state index is 13.5. The number of likely N-dealkylation sites (tertiary alicyclic amines) is 1. The van der Waals surface area contributed by atoms with Gasteiger partial charge >= 0.3 is 12.2 Å². The number of hydrogen-bond donors (Lipinski definition) is 0. The summed E-state index contributed by atoms with van der Waals surface area (Å²) in [4.78, 5) is 41.3. The van der Waals surface area contributed by atoms with E-state index in [4.69, 9.17) is 9.47 Å². The summed E-state index contributed by atoms with van der Waals surface area (Å²) in [6.07, 6.45) is 0.189. The summed E-state index contributed by atoms with van der Waals surface area (Å²) in [5, 5.41) is 0. The van der Waals surface area contributed by atoms with E-state index in [0.29, 0.717) is 31.5 Å². The van der Waals surface area contributed by atoms with Gasteiger partial charge in [0.05, 0.1) is 12.0 Å². The number of cyclic esters (lactones) is 1. The fraction of sp³-hybridized carbons (Fsp3) is 0.542. The third-order valence-electron chi connectivity index (χ3n) is 5.66. The molecule has 0 aliphatic carbocycles. The Bertz CT molecular complexity index is 845. The average molecular weight is 429 g/mol. The molecule has 3 amide bonds. The Labute approximate surface area is 184 Å². The van der Waals surface area contributed by atoms with E-state index in [1.165, 1.54) is 4.90 Å². The first kappa shape index (κ1) is 22.8. The largest absolute Gasteiger partial charge is 0.447 e. The molecule has 2 aliphatic heterocycles. The van der Waals surface area contributed by atoms with Crippen molar-refractivity contribution in [3.63, 3.8) is 0 Å². The molecule has 1 aromatic rings. The molecular formula is C24H32N2O5. The molecule has 3 unspecified atom stereocenters. The lowest BCUT2D eigenvalue weighted by Gasteiger charge is -2.29. The zero-order valence-corrected chi connectivity index (χ0v) is 18.8. The maximum Gasteiger partial charge on any atom is 0.417 e. The van der Waals surface area contributed by atoms with Crippen molar-refractivity contribution < 1.29 is 23.9 Å². The highest BCUT2D eigenvalue weighted by Gasteiger charge is 2.45. The van der Waals surface area contributed by atoms with Crippen LogP contribution in [-0.2, 0) is 20.7 Å². The number of rotatable bonds is 5. The summed E-state index contributed by atoms with van der Waals surface area (Å²) in [6.45, 7) is 12.4. The number of carbonyl (C=O) groups excluding carboxylic acids is 3. The second-order valence-corrected chi connectivity index (χ2v) is 9.43. The lowest BCUT2D eigenvalue weighted by molar-refractivity contribution is -0.133. The van der Waals surface area contributed by atoms with Crippen LogP contribution in [0.5, 0.6) is 0 Å². The van der Waals surface area contributed by atoms with E-state index in [-0.39, 0.29) is 30.6 Å². The average Bonchev–Trinajstić information content (AvgIpc) is 3.28. The van der Waals surface area contributed by atoms with Gasteiger partial charge in [-0.3, -0.25) is 4.79 Å². The summed E-state index contributed by atoms with van der Waals surface area (Å²) in [5.74, 6) is -0.980. The molecule has 0 radical (unpaired) electrons. The van der Waals surface area contributed by atoms with Gasteiger partial charge in [-0.25, -0.2) is 14.5 Å². The van der Waals surface area contributed by atoms with Crippen molar-refractivity contribution in [2.45, 2.75) is 52.2 Å². The monoisotopic (exact) mass is 428 g/mol. The minimum absolute atomic E-state index is 0.122. The van der Waals surface area contributed by atoms with E-state index >= 15 is 0 Å². The van der Waals surface area contributed by atoms with E-state index in [9.17, 15) is 14.4 Å². The summed E-state index contributed by atoms with van der Waals surface area (Å²) in [7, 11) is 0. The Morgan fingerprint density at radius 3 is 2.55 bits per heavy atom. The number of hydrogen-bond acceptors (Lipinski definition) is 5. The predicted molar refractivity (Wildman–Crippen MR) is 116 cm³/mol. The highest BCUT2D eigenvalue weighted by Crippen LogP contribution is 2.33. The van der Waals surface area contributed by atoms with Crippen LogP contribution in [0, 0.1) is 11.8 Å². The van der Waals surface area contributed by atoms with Gasteiger partial charge in [0.2, 0.25) is 5.91 Å². The highest BCUT2D eigenvalue weighted by molar-refractivity contribution is 5.96. The Hall–Kier alpha value is -2.83. The van der Waals surface area contributed by atoms with Crippen LogP contribution in [0.1, 0.15) is 39.7 Å². The van der Waals surface area contributed by atoms with Crippen LogP contribution in [-0.4, -0.2) is 59.2 Å². The van der Waals surface area contributed by atoms with Gasteiger partial charge < -0.3 is 14.4 Å². The first-order valence-electron chi connectivity index (χ1n) is 10.7. The quantitative estimate of drug-likeness (QED) is 0.662. The van der Waals surface area contributed by atoms with Gasteiger partial charge in [-0.2, -0.15) is 0 Å². The Morgan fingerprint density at radius 2 is 1.94 bits per heavy atom.